The van der Waals surface area contributed by atoms with Crippen LogP contribution in [0.1, 0.15) is 18.9 Å². The Bertz CT molecular complexity index is 466. The van der Waals surface area contributed by atoms with Crippen molar-refractivity contribution in [1.29, 1.82) is 5.26 Å². The average Bonchev–Trinajstić information content (AvgIpc) is 2.72. The van der Waals surface area contributed by atoms with Crippen molar-refractivity contribution in [2.24, 2.45) is 11.1 Å². The number of benzene rings is 1. The summed E-state index contributed by atoms with van der Waals surface area (Å²) in [7, 11) is 0. The van der Waals surface area contributed by atoms with Crippen LogP contribution in [0.25, 0.3) is 0 Å². The van der Waals surface area contributed by atoms with E-state index in [2.05, 4.69) is 33.8 Å². The molecular formula is C13H16BrN3. The van der Waals surface area contributed by atoms with Gasteiger partial charge in [-0.1, -0.05) is 22.9 Å². The molecule has 1 aromatic carbocycles. The van der Waals surface area contributed by atoms with Crippen molar-refractivity contribution < 1.29 is 0 Å². The third kappa shape index (κ3) is 2.46. The van der Waals surface area contributed by atoms with E-state index in [0.717, 1.165) is 35.2 Å². The van der Waals surface area contributed by atoms with Crippen molar-refractivity contribution in [3.05, 3.63) is 28.2 Å². The van der Waals surface area contributed by atoms with Gasteiger partial charge in [0.05, 0.1) is 11.3 Å². The van der Waals surface area contributed by atoms with E-state index in [1.165, 1.54) is 0 Å². The Labute approximate surface area is 110 Å². The lowest BCUT2D eigenvalue weighted by Crippen LogP contribution is -2.31. The highest BCUT2D eigenvalue weighted by Crippen LogP contribution is 2.34. The van der Waals surface area contributed by atoms with Crippen LogP contribution in [0.2, 0.25) is 0 Å². The Kier molecular flexibility index (Phi) is 3.41. The van der Waals surface area contributed by atoms with Gasteiger partial charge in [-0.25, -0.2) is 0 Å². The predicted octanol–water partition coefficient (Wildman–Crippen LogP) is 2.50. The molecule has 3 nitrogen and oxygen atoms in total. The van der Waals surface area contributed by atoms with Crippen LogP contribution in [0, 0.1) is 16.7 Å². The summed E-state index contributed by atoms with van der Waals surface area (Å²) in [5.74, 6) is 0. The molecule has 1 aliphatic rings. The SMILES string of the molecule is CC1(CN)CCN(c2ccc(Br)cc2C#N)C1. The summed E-state index contributed by atoms with van der Waals surface area (Å²) in [6.45, 7) is 4.81. The zero-order valence-corrected chi connectivity index (χ0v) is 11.5. The van der Waals surface area contributed by atoms with Crippen LogP contribution in [0.3, 0.4) is 0 Å². The standard InChI is InChI=1S/C13H16BrN3/c1-13(8-16)4-5-17(9-13)12-3-2-11(14)6-10(12)7-15/h2-3,6H,4-5,8-9,16H2,1H3. The summed E-state index contributed by atoms with van der Waals surface area (Å²) in [6, 6.07) is 8.11. The molecule has 0 spiro atoms. The predicted molar refractivity (Wildman–Crippen MR) is 72.8 cm³/mol. The summed E-state index contributed by atoms with van der Waals surface area (Å²) in [6.07, 6.45) is 1.09. The summed E-state index contributed by atoms with van der Waals surface area (Å²) < 4.78 is 0.943. The first-order valence-corrected chi connectivity index (χ1v) is 6.52. The van der Waals surface area contributed by atoms with Crippen LogP contribution in [0.15, 0.2) is 22.7 Å². The molecule has 1 heterocycles. The summed E-state index contributed by atoms with van der Waals surface area (Å²) >= 11 is 3.39. The van der Waals surface area contributed by atoms with E-state index >= 15 is 0 Å². The largest absolute Gasteiger partial charge is 0.370 e. The highest BCUT2D eigenvalue weighted by molar-refractivity contribution is 9.10. The molecule has 1 fully saturated rings. The molecule has 2 N–H and O–H groups in total. The van der Waals surface area contributed by atoms with Crippen molar-refractivity contribution in [2.45, 2.75) is 13.3 Å². The second kappa shape index (κ2) is 4.67. The number of hydrogen-bond acceptors (Lipinski definition) is 3. The molecule has 1 unspecified atom stereocenters. The second-order valence-corrected chi connectivity index (χ2v) is 5.88. The normalized spacial score (nSPS) is 23.8. The fraction of sp³-hybridized carbons (Fsp3) is 0.462. The van der Waals surface area contributed by atoms with Crippen LogP contribution in [-0.2, 0) is 0 Å². The maximum absolute atomic E-state index is 9.17. The van der Waals surface area contributed by atoms with E-state index < -0.39 is 0 Å². The quantitative estimate of drug-likeness (QED) is 0.911. The summed E-state index contributed by atoms with van der Waals surface area (Å²) in [5.41, 5.74) is 7.73. The van der Waals surface area contributed by atoms with E-state index in [1.807, 2.05) is 18.2 Å². The first-order valence-electron chi connectivity index (χ1n) is 5.73. The van der Waals surface area contributed by atoms with Crippen molar-refractivity contribution in [1.82, 2.24) is 0 Å². The van der Waals surface area contributed by atoms with Gasteiger partial charge in [0.15, 0.2) is 0 Å². The van der Waals surface area contributed by atoms with Gasteiger partial charge in [-0.15, -0.1) is 0 Å². The molecule has 0 saturated carbocycles. The molecule has 1 aliphatic heterocycles. The molecule has 17 heavy (non-hydrogen) atoms. The van der Waals surface area contributed by atoms with Crippen LogP contribution < -0.4 is 10.6 Å². The van der Waals surface area contributed by atoms with Gasteiger partial charge in [-0.2, -0.15) is 5.26 Å². The Balaban J connectivity index is 2.28. The lowest BCUT2D eigenvalue weighted by molar-refractivity contribution is 0.383. The van der Waals surface area contributed by atoms with E-state index in [1.54, 1.807) is 0 Å². The zero-order valence-electron chi connectivity index (χ0n) is 9.91. The van der Waals surface area contributed by atoms with Gasteiger partial charge in [0.1, 0.15) is 6.07 Å². The van der Waals surface area contributed by atoms with Crippen LogP contribution >= 0.6 is 15.9 Å². The zero-order chi connectivity index (χ0) is 12.5. The number of nitrogens with zero attached hydrogens (tertiary/aromatic N) is 2. The Morgan fingerprint density at radius 2 is 2.35 bits per heavy atom. The number of halogens is 1. The fourth-order valence-corrected chi connectivity index (χ4v) is 2.63. The van der Waals surface area contributed by atoms with Crippen molar-refractivity contribution in [2.75, 3.05) is 24.5 Å². The second-order valence-electron chi connectivity index (χ2n) is 4.96. The van der Waals surface area contributed by atoms with Crippen molar-refractivity contribution in [3.63, 3.8) is 0 Å². The van der Waals surface area contributed by atoms with Gasteiger partial charge in [0.2, 0.25) is 0 Å². The van der Waals surface area contributed by atoms with Gasteiger partial charge in [-0.3, -0.25) is 0 Å². The molecule has 0 aromatic heterocycles. The van der Waals surface area contributed by atoms with Gasteiger partial charge >= 0.3 is 0 Å². The highest BCUT2D eigenvalue weighted by Gasteiger charge is 2.33. The molecule has 0 radical (unpaired) electrons. The molecule has 0 bridgehead atoms. The van der Waals surface area contributed by atoms with E-state index in [-0.39, 0.29) is 5.41 Å². The molecule has 90 valence electrons. The number of hydrogen-bond donors (Lipinski definition) is 1. The minimum absolute atomic E-state index is 0.180. The number of rotatable bonds is 2. The molecule has 0 aliphatic carbocycles. The maximum Gasteiger partial charge on any atom is 0.101 e. The third-order valence-electron chi connectivity index (χ3n) is 3.47. The Hall–Kier alpha value is -1.05. The Morgan fingerprint density at radius 3 is 2.94 bits per heavy atom. The van der Waals surface area contributed by atoms with Crippen LogP contribution in [0.4, 0.5) is 5.69 Å². The maximum atomic E-state index is 9.17. The molecule has 1 aromatic rings. The number of nitriles is 1. The van der Waals surface area contributed by atoms with Crippen LogP contribution in [0.5, 0.6) is 0 Å². The molecule has 0 amide bonds. The van der Waals surface area contributed by atoms with E-state index in [4.69, 9.17) is 11.0 Å². The summed E-state index contributed by atoms with van der Waals surface area (Å²) in [5, 5.41) is 9.17. The smallest absolute Gasteiger partial charge is 0.101 e. The number of nitrogens with two attached hydrogens (primary N) is 1. The Morgan fingerprint density at radius 1 is 1.59 bits per heavy atom. The van der Waals surface area contributed by atoms with Crippen LogP contribution in [-0.4, -0.2) is 19.6 Å². The third-order valence-corrected chi connectivity index (χ3v) is 3.96. The molecule has 1 atom stereocenters. The van der Waals surface area contributed by atoms with Gasteiger partial charge in [0.25, 0.3) is 0 Å². The van der Waals surface area contributed by atoms with Gasteiger partial charge < -0.3 is 10.6 Å². The highest BCUT2D eigenvalue weighted by atomic mass is 79.9. The summed E-state index contributed by atoms with van der Waals surface area (Å²) in [4.78, 5) is 2.26. The van der Waals surface area contributed by atoms with Crippen molar-refractivity contribution >= 4 is 21.6 Å². The minimum atomic E-state index is 0.180. The van der Waals surface area contributed by atoms with Gasteiger partial charge in [-0.05, 0) is 36.6 Å². The lowest BCUT2D eigenvalue weighted by atomic mass is 9.90. The van der Waals surface area contributed by atoms with E-state index in [9.17, 15) is 0 Å². The topological polar surface area (TPSA) is 53.0 Å². The van der Waals surface area contributed by atoms with E-state index in [0.29, 0.717) is 6.54 Å². The first-order chi connectivity index (χ1) is 8.08. The molecular weight excluding hydrogens is 278 g/mol. The molecule has 4 heteroatoms. The molecule has 2 rings (SSSR count). The lowest BCUT2D eigenvalue weighted by Gasteiger charge is -2.24. The number of anilines is 1. The minimum Gasteiger partial charge on any atom is -0.370 e. The molecule has 1 saturated heterocycles. The monoisotopic (exact) mass is 293 g/mol. The van der Waals surface area contributed by atoms with Crippen molar-refractivity contribution in [3.8, 4) is 6.07 Å². The fourth-order valence-electron chi connectivity index (χ4n) is 2.27. The first kappa shape index (κ1) is 12.4. The average molecular weight is 294 g/mol. The van der Waals surface area contributed by atoms with Gasteiger partial charge in [0, 0.05) is 17.6 Å².